The summed E-state index contributed by atoms with van der Waals surface area (Å²) in [4.78, 5) is 17.2. The van der Waals surface area contributed by atoms with E-state index in [-0.39, 0.29) is 0 Å². The van der Waals surface area contributed by atoms with Crippen LogP contribution in [0.1, 0.15) is 84.5 Å². The van der Waals surface area contributed by atoms with Gasteiger partial charge >= 0.3 is 5.97 Å². The van der Waals surface area contributed by atoms with Crippen molar-refractivity contribution in [1.82, 2.24) is 4.90 Å². The van der Waals surface area contributed by atoms with Gasteiger partial charge in [0, 0.05) is 0 Å². The zero-order valence-corrected chi connectivity index (χ0v) is 15.9. The van der Waals surface area contributed by atoms with Crippen molar-refractivity contribution in [3.8, 4) is 0 Å². The third-order valence-corrected chi connectivity index (χ3v) is 5.06. The highest BCUT2D eigenvalue weighted by Crippen LogP contribution is 2.23. The van der Waals surface area contributed by atoms with Gasteiger partial charge in [-0.15, -0.1) is 9.24 Å². The number of carbonyl (C=O) groups excluding carboxylic acids is 1. The summed E-state index contributed by atoms with van der Waals surface area (Å²) >= 11 is 0. The third kappa shape index (κ3) is 9.76. The van der Waals surface area contributed by atoms with Crippen LogP contribution in [0.3, 0.4) is 0 Å². The maximum Gasteiger partial charge on any atom is 0.365 e. The fourth-order valence-corrected chi connectivity index (χ4v) is 2.68. The molecule has 1 N–H and O–H groups in total. The molecule has 0 aliphatic carbocycles. The highest BCUT2D eigenvalue weighted by atomic mass is 31.0. The first-order valence-corrected chi connectivity index (χ1v) is 9.40. The summed E-state index contributed by atoms with van der Waals surface area (Å²) < 4.78 is 0. The molecule has 0 bridgehead atoms. The number of unbranched alkanes of at least 4 members (excludes halogenated alkanes) is 10. The highest BCUT2D eigenvalue weighted by molar-refractivity contribution is 7.20. The Morgan fingerprint density at radius 2 is 1.41 bits per heavy atom. The van der Waals surface area contributed by atoms with Crippen molar-refractivity contribution < 1.29 is 14.9 Å². The Kier molecular flexibility index (Phi) is 13.2. The molecule has 0 aromatic carbocycles. The van der Waals surface area contributed by atoms with Gasteiger partial charge in [0.15, 0.2) is 0 Å². The van der Waals surface area contributed by atoms with Gasteiger partial charge in [-0.05, 0) is 26.9 Å². The van der Waals surface area contributed by atoms with Crippen LogP contribution in [0.5, 0.6) is 0 Å². The van der Waals surface area contributed by atoms with E-state index >= 15 is 0 Å². The molecule has 132 valence electrons. The number of hydrogen-bond donors (Lipinski definition) is 1. The van der Waals surface area contributed by atoms with E-state index in [1.807, 2.05) is 11.9 Å². The summed E-state index contributed by atoms with van der Waals surface area (Å²) in [6.45, 7) is 4.81. The van der Waals surface area contributed by atoms with Crippen molar-refractivity contribution in [2.75, 3.05) is 13.6 Å². The Hall–Kier alpha value is -0.180. The summed E-state index contributed by atoms with van der Waals surface area (Å²) in [6, 6.07) is 0. The fraction of sp³-hybridized carbons (Fsp3) is 0.941. The molecule has 0 spiro atoms. The second-order valence-electron chi connectivity index (χ2n) is 6.48. The maximum atomic E-state index is 11.4. The smallest absolute Gasteiger partial charge is 0.299 e. The Balaban J connectivity index is 3.48. The molecule has 0 heterocycles. The van der Waals surface area contributed by atoms with E-state index in [4.69, 9.17) is 5.26 Å². The van der Waals surface area contributed by atoms with Gasteiger partial charge in [0.1, 0.15) is 5.28 Å². The summed E-state index contributed by atoms with van der Waals surface area (Å²) in [5.74, 6) is -0.636. The lowest BCUT2D eigenvalue weighted by atomic mass is 10.1. The van der Waals surface area contributed by atoms with Crippen LogP contribution in [-0.4, -0.2) is 35.0 Å². The number of rotatable bonds is 14. The predicted molar refractivity (Wildman–Crippen MR) is 95.9 cm³/mol. The number of nitrogens with zero attached hydrogens (tertiary/aromatic N) is 1. The van der Waals surface area contributed by atoms with E-state index in [0.717, 1.165) is 13.0 Å². The molecule has 0 amide bonds. The van der Waals surface area contributed by atoms with Crippen LogP contribution >= 0.6 is 9.24 Å². The van der Waals surface area contributed by atoms with E-state index in [9.17, 15) is 4.79 Å². The first-order chi connectivity index (χ1) is 10.5. The van der Waals surface area contributed by atoms with E-state index in [0.29, 0.717) is 0 Å². The summed E-state index contributed by atoms with van der Waals surface area (Å²) in [5.41, 5.74) is 0. The lowest BCUT2D eigenvalue weighted by Gasteiger charge is -2.31. The minimum absolute atomic E-state index is 0.636. The topological polar surface area (TPSA) is 49.8 Å². The quantitative estimate of drug-likeness (QED) is 0.214. The van der Waals surface area contributed by atoms with Gasteiger partial charge in [-0.1, -0.05) is 71.1 Å². The molecule has 2 atom stereocenters. The zero-order valence-electron chi connectivity index (χ0n) is 14.8. The van der Waals surface area contributed by atoms with Crippen LogP contribution in [0.25, 0.3) is 0 Å². The normalized spacial score (nSPS) is 14.1. The molecular weight excluding hydrogens is 297 g/mol. The summed E-state index contributed by atoms with van der Waals surface area (Å²) in [5, 5.41) is 7.64. The minimum atomic E-state index is -0.854. The van der Waals surface area contributed by atoms with E-state index in [1.54, 1.807) is 6.92 Å². The van der Waals surface area contributed by atoms with Crippen molar-refractivity contribution in [2.24, 2.45) is 0 Å². The van der Waals surface area contributed by atoms with E-state index in [1.165, 1.54) is 64.2 Å². The standard InChI is InChI=1S/C17H36NO3P/c1-4-5-6-7-8-9-10-11-12-13-14-15-18(3)17(2,22)16(19)21-20/h20H,4-15,22H2,1-3H3. The second-order valence-corrected chi connectivity index (χ2v) is 7.61. The Morgan fingerprint density at radius 1 is 1.00 bits per heavy atom. The van der Waals surface area contributed by atoms with E-state index in [2.05, 4.69) is 21.1 Å². The predicted octanol–water partition coefficient (Wildman–Crippen LogP) is 4.84. The highest BCUT2D eigenvalue weighted by Gasteiger charge is 2.34. The van der Waals surface area contributed by atoms with Crippen molar-refractivity contribution in [3.63, 3.8) is 0 Å². The van der Waals surface area contributed by atoms with Crippen LogP contribution in [0.2, 0.25) is 0 Å². The largest absolute Gasteiger partial charge is 0.365 e. The lowest BCUT2D eigenvalue weighted by Crippen LogP contribution is -2.46. The SMILES string of the molecule is CCCCCCCCCCCCCN(C)C(C)(P)C(=O)OO. The number of carbonyl (C=O) groups is 1. The Morgan fingerprint density at radius 3 is 1.82 bits per heavy atom. The zero-order chi connectivity index (χ0) is 16.8. The van der Waals surface area contributed by atoms with Crippen LogP contribution in [0.4, 0.5) is 0 Å². The van der Waals surface area contributed by atoms with Gasteiger partial charge in [0.25, 0.3) is 0 Å². The molecule has 0 aromatic heterocycles. The lowest BCUT2D eigenvalue weighted by molar-refractivity contribution is -0.240. The average molecular weight is 333 g/mol. The second kappa shape index (κ2) is 13.3. The summed E-state index contributed by atoms with van der Waals surface area (Å²) in [7, 11) is 4.32. The molecule has 0 rings (SSSR count). The van der Waals surface area contributed by atoms with Gasteiger partial charge < -0.3 is 0 Å². The molecule has 0 radical (unpaired) electrons. The van der Waals surface area contributed by atoms with Crippen LogP contribution in [-0.2, 0) is 9.68 Å². The molecular formula is C17H36NO3P. The van der Waals surface area contributed by atoms with Crippen LogP contribution < -0.4 is 0 Å². The molecule has 0 aliphatic heterocycles. The van der Waals surface area contributed by atoms with Crippen LogP contribution in [0, 0.1) is 0 Å². The maximum absolute atomic E-state index is 11.4. The molecule has 2 unspecified atom stereocenters. The Bertz CT molecular complexity index is 285. The average Bonchev–Trinajstić information content (AvgIpc) is 2.51. The Labute approximate surface area is 139 Å². The molecule has 0 aliphatic rings. The fourth-order valence-electron chi connectivity index (χ4n) is 2.49. The number of hydrogen-bond acceptors (Lipinski definition) is 4. The third-order valence-electron chi connectivity index (χ3n) is 4.39. The van der Waals surface area contributed by atoms with Crippen molar-refractivity contribution in [3.05, 3.63) is 0 Å². The molecule has 0 saturated heterocycles. The van der Waals surface area contributed by atoms with Gasteiger partial charge in [-0.2, -0.15) is 5.26 Å². The van der Waals surface area contributed by atoms with E-state index < -0.39 is 11.2 Å². The molecule has 5 heteroatoms. The molecule has 0 aromatic rings. The molecule has 22 heavy (non-hydrogen) atoms. The molecule has 4 nitrogen and oxygen atoms in total. The van der Waals surface area contributed by atoms with Gasteiger partial charge in [0.05, 0.1) is 0 Å². The first-order valence-electron chi connectivity index (χ1n) is 8.82. The monoisotopic (exact) mass is 333 g/mol. The first kappa shape index (κ1) is 21.8. The van der Waals surface area contributed by atoms with Crippen molar-refractivity contribution in [1.29, 1.82) is 0 Å². The van der Waals surface area contributed by atoms with Crippen molar-refractivity contribution >= 4 is 15.2 Å². The molecule has 0 fully saturated rings. The minimum Gasteiger partial charge on any atom is -0.299 e. The van der Waals surface area contributed by atoms with Gasteiger partial charge in [0.2, 0.25) is 0 Å². The van der Waals surface area contributed by atoms with Gasteiger partial charge in [-0.3, -0.25) is 9.79 Å². The van der Waals surface area contributed by atoms with Gasteiger partial charge in [-0.25, -0.2) is 4.79 Å². The number of likely N-dealkylation sites (N-methyl/N-ethyl adjacent to an activating group) is 1. The van der Waals surface area contributed by atoms with Crippen LogP contribution in [0.15, 0.2) is 0 Å². The summed E-state index contributed by atoms with van der Waals surface area (Å²) in [6.07, 6.45) is 14.4. The molecule has 0 saturated carbocycles. The van der Waals surface area contributed by atoms with Crippen molar-refractivity contribution in [2.45, 2.75) is 89.8 Å².